The van der Waals surface area contributed by atoms with E-state index in [0.717, 1.165) is 44.2 Å². The van der Waals surface area contributed by atoms with Gasteiger partial charge >= 0.3 is 5.97 Å². The van der Waals surface area contributed by atoms with Gasteiger partial charge in [-0.25, -0.2) is 0 Å². The Bertz CT molecular complexity index is 557. The van der Waals surface area contributed by atoms with E-state index in [1.165, 1.54) is 0 Å². The minimum Gasteiger partial charge on any atom is -0.508 e. The standard InChI is InChI=1S/C19H27NO3/c1-3-10-20-15-8-9-16(20)13-19(12-15,18(22)23-4-2)14-6-5-7-17(21)11-14/h5-7,11,15-16,21H,3-4,8-10,12-13H2,1-2H3/t15-,16+,19?. The molecular formula is C19H27NO3. The monoisotopic (exact) mass is 317 g/mol. The molecule has 0 aliphatic carbocycles. The van der Waals surface area contributed by atoms with Crippen LogP contribution in [0.5, 0.6) is 5.75 Å². The smallest absolute Gasteiger partial charge is 0.316 e. The average Bonchev–Trinajstić information content (AvgIpc) is 2.78. The molecule has 1 N–H and O–H groups in total. The lowest BCUT2D eigenvalue weighted by Crippen LogP contribution is -2.53. The number of phenols is 1. The molecule has 2 heterocycles. The Morgan fingerprint density at radius 3 is 2.57 bits per heavy atom. The first-order valence-electron chi connectivity index (χ1n) is 8.83. The second-order valence-electron chi connectivity index (χ2n) is 6.88. The number of ether oxygens (including phenoxy) is 1. The summed E-state index contributed by atoms with van der Waals surface area (Å²) < 4.78 is 5.46. The van der Waals surface area contributed by atoms with Gasteiger partial charge in [0.2, 0.25) is 0 Å². The third-order valence-corrected chi connectivity index (χ3v) is 5.49. The van der Waals surface area contributed by atoms with Crippen LogP contribution in [0.3, 0.4) is 0 Å². The van der Waals surface area contributed by atoms with Crippen molar-refractivity contribution in [2.45, 2.75) is 63.5 Å². The Balaban J connectivity index is 1.97. The van der Waals surface area contributed by atoms with Gasteiger partial charge in [-0.05, 0) is 63.3 Å². The fourth-order valence-corrected chi connectivity index (χ4v) is 4.56. The number of aromatic hydroxyl groups is 1. The first-order valence-corrected chi connectivity index (χ1v) is 8.83. The number of nitrogens with zero attached hydrogens (tertiary/aromatic N) is 1. The van der Waals surface area contributed by atoms with Crippen LogP contribution < -0.4 is 0 Å². The molecule has 0 saturated carbocycles. The van der Waals surface area contributed by atoms with Crippen molar-refractivity contribution in [3.63, 3.8) is 0 Å². The fraction of sp³-hybridized carbons (Fsp3) is 0.632. The van der Waals surface area contributed by atoms with Crippen LogP contribution in [-0.4, -0.2) is 41.2 Å². The van der Waals surface area contributed by atoms with Crippen LogP contribution in [0.1, 0.15) is 51.5 Å². The van der Waals surface area contributed by atoms with E-state index >= 15 is 0 Å². The van der Waals surface area contributed by atoms with E-state index in [-0.39, 0.29) is 11.7 Å². The zero-order chi connectivity index (χ0) is 16.4. The number of rotatable bonds is 5. The van der Waals surface area contributed by atoms with Crippen LogP contribution in [-0.2, 0) is 14.9 Å². The maximum absolute atomic E-state index is 12.9. The minimum absolute atomic E-state index is 0.126. The lowest BCUT2D eigenvalue weighted by molar-refractivity contribution is -0.153. The van der Waals surface area contributed by atoms with Gasteiger partial charge in [-0.1, -0.05) is 19.1 Å². The SMILES string of the molecule is CCCN1[C@@H]2CC[C@H]1CC(C(=O)OCC)(c1cccc(O)c1)C2. The van der Waals surface area contributed by atoms with E-state index in [9.17, 15) is 9.90 Å². The highest BCUT2D eigenvalue weighted by Crippen LogP contribution is 2.48. The molecule has 126 valence electrons. The van der Waals surface area contributed by atoms with Crippen molar-refractivity contribution in [2.75, 3.05) is 13.2 Å². The van der Waals surface area contributed by atoms with Crippen molar-refractivity contribution in [3.8, 4) is 5.75 Å². The van der Waals surface area contributed by atoms with E-state index in [1.807, 2.05) is 19.1 Å². The number of carbonyl (C=O) groups excluding carboxylic acids is 1. The molecule has 2 aliphatic heterocycles. The summed E-state index contributed by atoms with van der Waals surface area (Å²) in [6.07, 6.45) is 5.05. The van der Waals surface area contributed by atoms with E-state index in [4.69, 9.17) is 4.74 Å². The molecule has 2 bridgehead atoms. The van der Waals surface area contributed by atoms with E-state index in [0.29, 0.717) is 18.7 Å². The highest BCUT2D eigenvalue weighted by molar-refractivity contribution is 5.84. The number of esters is 1. The van der Waals surface area contributed by atoms with Gasteiger partial charge in [-0.15, -0.1) is 0 Å². The van der Waals surface area contributed by atoms with Gasteiger partial charge in [0.15, 0.2) is 0 Å². The number of phenolic OH excluding ortho intramolecular Hbond substituents is 1. The van der Waals surface area contributed by atoms with E-state index < -0.39 is 5.41 Å². The fourth-order valence-electron chi connectivity index (χ4n) is 4.56. The Morgan fingerprint density at radius 1 is 1.30 bits per heavy atom. The van der Waals surface area contributed by atoms with Crippen LogP contribution in [0.15, 0.2) is 24.3 Å². The normalized spacial score (nSPS) is 30.3. The quantitative estimate of drug-likeness (QED) is 0.847. The molecule has 0 aromatic heterocycles. The molecule has 2 saturated heterocycles. The first kappa shape index (κ1) is 16.3. The molecule has 4 heteroatoms. The topological polar surface area (TPSA) is 49.8 Å². The Morgan fingerprint density at radius 2 is 2.00 bits per heavy atom. The second kappa shape index (κ2) is 6.52. The van der Waals surface area contributed by atoms with E-state index in [2.05, 4.69) is 11.8 Å². The van der Waals surface area contributed by atoms with Crippen molar-refractivity contribution in [1.82, 2.24) is 4.90 Å². The molecule has 3 rings (SSSR count). The molecule has 0 amide bonds. The number of benzene rings is 1. The molecule has 1 unspecified atom stereocenters. The van der Waals surface area contributed by atoms with Crippen LogP contribution in [0.2, 0.25) is 0 Å². The summed E-state index contributed by atoms with van der Waals surface area (Å²) >= 11 is 0. The van der Waals surface area contributed by atoms with Gasteiger partial charge in [0.1, 0.15) is 5.75 Å². The lowest BCUT2D eigenvalue weighted by atomic mass is 9.69. The van der Waals surface area contributed by atoms with E-state index in [1.54, 1.807) is 12.1 Å². The predicted molar refractivity (Wildman–Crippen MR) is 89.5 cm³/mol. The van der Waals surface area contributed by atoms with Gasteiger partial charge in [0.25, 0.3) is 0 Å². The highest BCUT2D eigenvalue weighted by atomic mass is 16.5. The number of hydrogen-bond acceptors (Lipinski definition) is 4. The Hall–Kier alpha value is -1.55. The molecule has 23 heavy (non-hydrogen) atoms. The summed E-state index contributed by atoms with van der Waals surface area (Å²) in [6.45, 7) is 5.57. The van der Waals surface area contributed by atoms with Crippen molar-refractivity contribution in [3.05, 3.63) is 29.8 Å². The van der Waals surface area contributed by atoms with Crippen molar-refractivity contribution >= 4 is 5.97 Å². The third kappa shape index (κ3) is 2.85. The number of hydrogen-bond donors (Lipinski definition) is 1. The molecule has 1 aromatic rings. The predicted octanol–water partition coefficient (Wildman–Crippen LogP) is 3.23. The largest absolute Gasteiger partial charge is 0.508 e. The minimum atomic E-state index is -0.606. The summed E-state index contributed by atoms with van der Waals surface area (Å²) in [5, 5.41) is 9.89. The van der Waals surface area contributed by atoms with Crippen LogP contribution in [0.25, 0.3) is 0 Å². The van der Waals surface area contributed by atoms with Gasteiger partial charge < -0.3 is 9.84 Å². The molecular weight excluding hydrogens is 290 g/mol. The van der Waals surface area contributed by atoms with Crippen molar-refractivity contribution in [1.29, 1.82) is 0 Å². The first-order chi connectivity index (χ1) is 11.1. The third-order valence-electron chi connectivity index (χ3n) is 5.49. The number of carbonyl (C=O) groups is 1. The number of piperidine rings is 1. The maximum Gasteiger partial charge on any atom is 0.316 e. The molecule has 0 radical (unpaired) electrons. The van der Waals surface area contributed by atoms with Crippen LogP contribution in [0, 0.1) is 0 Å². The molecule has 2 aliphatic rings. The van der Waals surface area contributed by atoms with Gasteiger partial charge in [-0.3, -0.25) is 9.69 Å². The summed E-state index contributed by atoms with van der Waals surface area (Å²) in [5.41, 5.74) is 0.300. The summed E-state index contributed by atoms with van der Waals surface area (Å²) in [7, 11) is 0. The molecule has 0 spiro atoms. The zero-order valence-corrected chi connectivity index (χ0v) is 14.1. The summed E-state index contributed by atoms with van der Waals surface area (Å²) in [5.74, 6) is 0.0909. The van der Waals surface area contributed by atoms with Gasteiger partial charge in [0, 0.05) is 12.1 Å². The lowest BCUT2D eigenvalue weighted by Gasteiger charge is -2.45. The molecule has 2 fully saturated rings. The zero-order valence-electron chi connectivity index (χ0n) is 14.1. The van der Waals surface area contributed by atoms with Crippen LogP contribution >= 0.6 is 0 Å². The average molecular weight is 317 g/mol. The maximum atomic E-state index is 12.9. The molecule has 1 aromatic carbocycles. The second-order valence-corrected chi connectivity index (χ2v) is 6.88. The van der Waals surface area contributed by atoms with Gasteiger partial charge in [-0.2, -0.15) is 0 Å². The highest BCUT2D eigenvalue weighted by Gasteiger charge is 2.53. The summed E-state index contributed by atoms with van der Waals surface area (Å²) in [4.78, 5) is 15.5. The van der Waals surface area contributed by atoms with Crippen molar-refractivity contribution < 1.29 is 14.6 Å². The summed E-state index contributed by atoms with van der Waals surface area (Å²) in [6, 6.07) is 8.08. The van der Waals surface area contributed by atoms with Crippen molar-refractivity contribution in [2.24, 2.45) is 0 Å². The Labute approximate surface area is 138 Å². The molecule has 3 atom stereocenters. The van der Waals surface area contributed by atoms with Crippen LogP contribution in [0.4, 0.5) is 0 Å². The number of fused-ring (bicyclic) bond motifs is 2. The Kier molecular flexibility index (Phi) is 4.62. The molecule has 4 nitrogen and oxygen atoms in total. The van der Waals surface area contributed by atoms with Gasteiger partial charge in [0.05, 0.1) is 12.0 Å².